The molecule has 1 aliphatic rings. The lowest BCUT2D eigenvalue weighted by atomic mass is 9.97. The van der Waals surface area contributed by atoms with E-state index in [1.165, 1.54) is 6.33 Å². The van der Waals surface area contributed by atoms with Gasteiger partial charge < -0.3 is 10.1 Å². The number of anilines is 1. The number of nitrogens with one attached hydrogen (secondary N) is 2. The van der Waals surface area contributed by atoms with Crippen molar-refractivity contribution in [1.29, 1.82) is 0 Å². The van der Waals surface area contributed by atoms with Crippen LogP contribution in [0.15, 0.2) is 54.9 Å². The number of nitrogens with zero attached hydrogens (tertiary/aromatic N) is 3. The third-order valence-electron chi connectivity index (χ3n) is 5.06. The van der Waals surface area contributed by atoms with E-state index >= 15 is 0 Å². The van der Waals surface area contributed by atoms with Crippen LogP contribution in [0, 0.1) is 6.92 Å². The monoisotopic (exact) mass is 391 g/mol. The minimum Gasteiger partial charge on any atom is -0.457 e. The molecule has 29 heavy (non-hydrogen) atoms. The molecule has 0 saturated carbocycles. The van der Waals surface area contributed by atoms with Crippen LogP contribution in [-0.4, -0.2) is 45.6 Å². The van der Waals surface area contributed by atoms with Crippen molar-refractivity contribution in [2.75, 3.05) is 25.0 Å². The normalized spacial score (nSPS) is 17.1. The number of rotatable bonds is 6. The number of hydrogen-bond donors (Lipinski definition) is 2. The summed E-state index contributed by atoms with van der Waals surface area (Å²) in [6.45, 7) is 4.13. The summed E-state index contributed by atoms with van der Waals surface area (Å²) in [5.41, 5.74) is 1.91. The Kier molecular flexibility index (Phi) is 5.86. The smallest absolute Gasteiger partial charge is 0.238 e. The first-order valence-corrected chi connectivity index (χ1v) is 9.88. The van der Waals surface area contributed by atoms with Gasteiger partial charge in [-0.2, -0.15) is 5.10 Å². The second-order valence-corrected chi connectivity index (χ2v) is 7.44. The highest BCUT2D eigenvalue weighted by Crippen LogP contribution is 2.25. The van der Waals surface area contributed by atoms with Crippen LogP contribution in [-0.2, 0) is 4.79 Å². The Bertz CT molecular complexity index is 940. The van der Waals surface area contributed by atoms with Crippen LogP contribution in [0.5, 0.6) is 11.5 Å². The zero-order valence-corrected chi connectivity index (χ0v) is 16.5. The Balaban J connectivity index is 1.29. The van der Waals surface area contributed by atoms with E-state index in [0.29, 0.717) is 12.5 Å². The lowest BCUT2D eigenvalue weighted by Gasteiger charge is -2.30. The number of hydrogen-bond acceptors (Lipinski definition) is 5. The van der Waals surface area contributed by atoms with E-state index < -0.39 is 0 Å². The SMILES string of the molecule is Cc1cccc(Oc2ccc(NC(=O)CN3CCCC(c4ncn[nH]4)C3)cc2)c1. The van der Waals surface area contributed by atoms with Crippen LogP contribution in [0.2, 0.25) is 0 Å². The number of piperidine rings is 1. The highest BCUT2D eigenvalue weighted by Gasteiger charge is 2.24. The number of carbonyl (C=O) groups excluding carboxylic acids is 1. The van der Waals surface area contributed by atoms with Gasteiger partial charge in [0.15, 0.2) is 0 Å². The number of benzene rings is 2. The van der Waals surface area contributed by atoms with Crippen LogP contribution in [0.3, 0.4) is 0 Å². The van der Waals surface area contributed by atoms with Gasteiger partial charge in [-0.15, -0.1) is 0 Å². The van der Waals surface area contributed by atoms with Crippen LogP contribution >= 0.6 is 0 Å². The van der Waals surface area contributed by atoms with E-state index in [9.17, 15) is 4.79 Å². The minimum atomic E-state index is -0.0180. The summed E-state index contributed by atoms with van der Waals surface area (Å²) in [6, 6.07) is 15.3. The molecule has 0 spiro atoms. The Morgan fingerprint density at radius 3 is 2.86 bits per heavy atom. The number of amides is 1. The van der Waals surface area contributed by atoms with Crippen molar-refractivity contribution in [2.24, 2.45) is 0 Å². The molecule has 1 saturated heterocycles. The van der Waals surface area contributed by atoms with Gasteiger partial charge in [0.1, 0.15) is 23.7 Å². The van der Waals surface area contributed by atoms with Gasteiger partial charge in [-0.3, -0.25) is 14.8 Å². The average molecular weight is 391 g/mol. The van der Waals surface area contributed by atoms with E-state index in [4.69, 9.17) is 4.74 Å². The molecule has 0 aliphatic carbocycles. The van der Waals surface area contributed by atoms with Gasteiger partial charge in [-0.05, 0) is 68.3 Å². The van der Waals surface area contributed by atoms with Crippen LogP contribution < -0.4 is 10.1 Å². The van der Waals surface area contributed by atoms with Gasteiger partial charge in [0.05, 0.1) is 6.54 Å². The first kappa shape index (κ1) is 19.1. The van der Waals surface area contributed by atoms with Gasteiger partial charge >= 0.3 is 0 Å². The first-order chi connectivity index (χ1) is 14.2. The van der Waals surface area contributed by atoms with E-state index in [2.05, 4.69) is 25.4 Å². The summed E-state index contributed by atoms with van der Waals surface area (Å²) < 4.78 is 5.85. The Hall–Kier alpha value is -3.19. The quantitative estimate of drug-likeness (QED) is 0.669. The van der Waals surface area contributed by atoms with Crippen molar-refractivity contribution in [3.63, 3.8) is 0 Å². The zero-order chi connectivity index (χ0) is 20.1. The molecule has 0 radical (unpaired) electrons. The fourth-order valence-corrected chi connectivity index (χ4v) is 3.66. The van der Waals surface area contributed by atoms with E-state index in [-0.39, 0.29) is 5.91 Å². The molecule has 1 fully saturated rings. The molecule has 1 atom stereocenters. The number of aryl methyl sites for hydroxylation is 1. The highest BCUT2D eigenvalue weighted by atomic mass is 16.5. The first-order valence-electron chi connectivity index (χ1n) is 9.88. The second kappa shape index (κ2) is 8.87. The van der Waals surface area contributed by atoms with Gasteiger partial charge in [-0.25, -0.2) is 4.98 Å². The van der Waals surface area contributed by atoms with Gasteiger partial charge in [-0.1, -0.05) is 12.1 Å². The maximum atomic E-state index is 12.5. The Morgan fingerprint density at radius 2 is 2.10 bits per heavy atom. The van der Waals surface area contributed by atoms with Crippen LogP contribution in [0.1, 0.15) is 30.1 Å². The van der Waals surface area contributed by atoms with Crippen molar-refractivity contribution >= 4 is 11.6 Å². The molecule has 150 valence electrons. The maximum Gasteiger partial charge on any atom is 0.238 e. The third kappa shape index (κ3) is 5.20. The highest BCUT2D eigenvalue weighted by molar-refractivity contribution is 5.92. The fourth-order valence-electron chi connectivity index (χ4n) is 3.66. The number of aromatic nitrogens is 3. The van der Waals surface area contributed by atoms with Crippen molar-refractivity contribution in [3.05, 3.63) is 66.2 Å². The molecule has 2 aromatic carbocycles. The molecule has 3 aromatic rings. The van der Waals surface area contributed by atoms with Crippen molar-refractivity contribution < 1.29 is 9.53 Å². The van der Waals surface area contributed by atoms with Crippen LogP contribution in [0.4, 0.5) is 5.69 Å². The Morgan fingerprint density at radius 1 is 1.24 bits per heavy atom. The standard InChI is InChI=1S/C22H25N5O2/c1-16-4-2-6-20(12-16)29-19-9-7-18(8-10-19)25-21(28)14-27-11-3-5-17(13-27)22-23-15-24-26-22/h2,4,6-10,12,15,17H,3,5,11,13-14H2,1H3,(H,25,28)(H,23,24,26). The van der Waals surface area contributed by atoms with Crippen molar-refractivity contribution in [2.45, 2.75) is 25.7 Å². The predicted octanol–water partition coefficient (Wildman–Crippen LogP) is 3.72. The predicted molar refractivity (Wildman–Crippen MR) is 111 cm³/mol. The maximum absolute atomic E-state index is 12.5. The number of carbonyl (C=O) groups is 1. The number of H-pyrrole nitrogens is 1. The van der Waals surface area contributed by atoms with Gasteiger partial charge in [0.2, 0.25) is 5.91 Å². The lowest BCUT2D eigenvalue weighted by molar-refractivity contribution is -0.117. The Labute approximate surface area is 170 Å². The average Bonchev–Trinajstić information content (AvgIpc) is 3.25. The number of likely N-dealkylation sites (tertiary alicyclic amines) is 1. The summed E-state index contributed by atoms with van der Waals surface area (Å²) >= 11 is 0. The largest absolute Gasteiger partial charge is 0.457 e. The molecule has 7 nitrogen and oxygen atoms in total. The number of ether oxygens (including phenoxy) is 1. The van der Waals surface area contributed by atoms with E-state index in [0.717, 1.165) is 54.5 Å². The summed E-state index contributed by atoms with van der Waals surface area (Å²) in [6.07, 6.45) is 3.65. The van der Waals surface area contributed by atoms with Gasteiger partial charge in [0, 0.05) is 18.2 Å². The van der Waals surface area contributed by atoms with E-state index in [1.54, 1.807) is 0 Å². The molecule has 4 rings (SSSR count). The van der Waals surface area contributed by atoms with E-state index in [1.807, 2.05) is 55.5 Å². The molecule has 0 bridgehead atoms. The minimum absolute atomic E-state index is 0.0180. The molecular weight excluding hydrogens is 366 g/mol. The molecule has 1 unspecified atom stereocenters. The molecular formula is C22H25N5O2. The molecule has 2 heterocycles. The number of aromatic amines is 1. The molecule has 7 heteroatoms. The third-order valence-corrected chi connectivity index (χ3v) is 5.06. The van der Waals surface area contributed by atoms with Crippen molar-refractivity contribution in [1.82, 2.24) is 20.1 Å². The van der Waals surface area contributed by atoms with Crippen molar-refractivity contribution in [3.8, 4) is 11.5 Å². The molecule has 1 aromatic heterocycles. The fraction of sp³-hybridized carbons (Fsp3) is 0.318. The molecule has 1 amide bonds. The molecule has 1 aliphatic heterocycles. The summed E-state index contributed by atoms with van der Waals surface area (Å²) in [5.74, 6) is 2.72. The van der Waals surface area contributed by atoms with Crippen LogP contribution in [0.25, 0.3) is 0 Å². The summed E-state index contributed by atoms with van der Waals surface area (Å²) in [5, 5.41) is 9.85. The zero-order valence-electron chi connectivity index (χ0n) is 16.5. The van der Waals surface area contributed by atoms with Gasteiger partial charge in [0.25, 0.3) is 0 Å². The summed E-state index contributed by atoms with van der Waals surface area (Å²) in [4.78, 5) is 18.9. The summed E-state index contributed by atoms with van der Waals surface area (Å²) in [7, 11) is 0. The topological polar surface area (TPSA) is 83.1 Å². The molecule has 2 N–H and O–H groups in total. The lowest BCUT2D eigenvalue weighted by Crippen LogP contribution is -2.40. The second-order valence-electron chi connectivity index (χ2n) is 7.44.